The van der Waals surface area contributed by atoms with Crippen molar-refractivity contribution >= 4 is 13.0 Å². The van der Waals surface area contributed by atoms with Gasteiger partial charge in [-0.05, 0) is 12.8 Å². The molecule has 26 heavy (non-hydrogen) atoms. The third-order valence-electron chi connectivity index (χ3n) is 4.89. The lowest BCUT2D eigenvalue weighted by molar-refractivity contribution is -0.132. The standard InChI is InChI=1S/C16H25BN6O3/c1-20-8-5-18-14(20)10-22(11-15-19-6-9-21(15)2)12-16(24)23-7-3-4-13(23)17(25)26/h5-6,8-9,13,25-26H,3-4,7,10-12H2,1-2H3. The Morgan fingerprint density at radius 3 is 2.23 bits per heavy atom. The molecule has 1 amide bonds. The Balaban J connectivity index is 1.73. The summed E-state index contributed by atoms with van der Waals surface area (Å²) < 4.78 is 3.85. The van der Waals surface area contributed by atoms with E-state index in [4.69, 9.17) is 0 Å². The van der Waals surface area contributed by atoms with Crippen molar-refractivity contribution in [3.05, 3.63) is 36.4 Å². The van der Waals surface area contributed by atoms with E-state index in [-0.39, 0.29) is 12.5 Å². The molecular formula is C16H25BN6O3. The number of hydrogen-bond acceptors (Lipinski definition) is 6. The van der Waals surface area contributed by atoms with Crippen LogP contribution in [0.4, 0.5) is 0 Å². The van der Waals surface area contributed by atoms with Crippen LogP contribution in [0.15, 0.2) is 24.8 Å². The summed E-state index contributed by atoms with van der Waals surface area (Å²) in [5, 5.41) is 19.0. The van der Waals surface area contributed by atoms with Gasteiger partial charge in [0.15, 0.2) is 0 Å². The second-order valence-corrected chi connectivity index (χ2v) is 6.76. The highest BCUT2D eigenvalue weighted by Crippen LogP contribution is 2.19. The maximum Gasteiger partial charge on any atom is 0.475 e. The molecule has 3 rings (SSSR count). The Morgan fingerprint density at radius 2 is 1.77 bits per heavy atom. The average molecular weight is 360 g/mol. The van der Waals surface area contributed by atoms with E-state index in [2.05, 4.69) is 9.97 Å². The second-order valence-electron chi connectivity index (χ2n) is 6.76. The molecule has 140 valence electrons. The van der Waals surface area contributed by atoms with Gasteiger partial charge in [0.1, 0.15) is 11.6 Å². The third-order valence-corrected chi connectivity index (χ3v) is 4.89. The Labute approximate surface area is 153 Å². The summed E-state index contributed by atoms with van der Waals surface area (Å²) in [5.74, 6) is 1.08. The summed E-state index contributed by atoms with van der Waals surface area (Å²) in [7, 11) is 2.34. The van der Waals surface area contributed by atoms with Gasteiger partial charge >= 0.3 is 7.12 Å². The molecule has 1 fully saturated rings. The van der Waals surface area contributed by atoms with Crippen LogP contribution < -0.4 is 0 Å². The van der Waals surface area contributed by atoms with Crippen LogP contribution in [0.2, 0.25) is 0 Å². The summed E-state index contributed by atoms with van der Waals surface area (Å²) in [6.45, 7) is 1.73. The molecule has 0 spiro atoms. The maximum atomic E-state index is 12.8. The normalized spacial score (nSPS) is 17.3. The number of aryl methyl sites for hydroxylation is 2. The van der Waals surface area contributed by atoms with Crippen LogP contribution in [0.5, 0.6) is 0 Å². The van der Waals surface area contributed by atoms with E-state index >= 15 is 0 Å². The van der Waals surface area contributed by atoms with Crippen molar-refractivity contribution in [3.8, 4) is 0 Å². The number of likely N-dealkylation sites (tertiary alicyclic amines) is 1. The minimum absolute atomic E-state index is 0.107. The number of imidazole rings is 2. The molecule has 1 aliphatic rings. The highest BCUT2D eigenvalue weighted by molar-refractivity contribution is 6.43. The van der Waals surface area contributed by atoms with Crippen molar-refractivity contribution < 1.29 is 14.8 Å². The first kappa shape index (κ1) is 18.6. The summed E-state index contributed by atoms with van der Waals surface area (Å²) in [5.41, 5.74) is 0. The molecule has 0 bridgehead atoms. The molecule has 3 heterocycles. The maximum absolute atomic E-state index is 12.8. The Bertz CT molecular complexity index is 704. The van der Waals surface area contributed by atoms with Gasteiger partial charge in [-0.15, -0.1) is 0 Å². The van der Waals surface area contributed by atoms with Crippen LogP contribution in [-0.2, 0) is 32.0 Å². The molecular weight excluding hydrogens is 335 g/mol. The molecule has 0 aliphatic carbocycles. The van der Waals surface area contributed by atoms with E-state index in [1.54, 1.807) is 17.3 Å². The molecule has 10 heteroatoms. The molecule has 1 aliphatic heterocycles. The summed E-state index contributed by atoms with van der Waals surface area (Å²) >= 11 is 0. The first-order valence-electron chi connectivity index (χ1n) is 8.76. The minimum Gasteiger partial charge on any atom is -0.426 e. The molecule has 1 saturated heterocycles. The molecule has 0 radical (unpaired) electrons. The lowest BCUT2D eigenvalue weighted by Gasteiger charge is -2.28. The quantitative estimate of drug-likeness (QED) is 0.625. The highest BCUT2D eigenvalue weighted by Gasteiger charge is 2.37. The predicted molar refractivity (Wildman–Crippen MR) is 95.5 cm³/mol. The largest absolute Gasteiger partial charge is 0.475 e. The molecule has 0 aromatic carbocycles. The smallest absolute Gasteiger partial charge is 0.426 e. The van der Waals surface area contributed by atoms with Crippen molar-refractivity contribution in [2.24, 2.45) is 14.1 Å². The number of hydrogen-bond donors (Lipinski definition) is 2. The number of carbonyl (C=O) groups is 1. The van der Waals surface area contributed by atoms with Gasteiger partial charge < -0.3 is 24.1 Å². The van der Waals surface area contributed by atoms with Gasteiger partial charge in [0.05, 0.1) is 25.6 Å². The van der Waals surface area contributed by atoms with Crippen molar-refractivity contribution in [1.82, 2.24) is 28.9 Å². The predicted octanol–water partition coefficient (Wildman–Crippen LogP) is -0.841. The minimum atomic E-state index is -1.50. The number of aromatic nitrogens is 4. The number of rotatable bonds is 7. The Kier molecular flexibility index (Phi) is 5.75. The van der Waals surface area contributed by atoms with Gasteiger partial charge in [-0.25, -0.2) is 9.97 Å². The van der Waals surface area contributed by atoms with Crippen LogP contribution in [0, 0.1) is 0 Å². The molecule has 1 unspecified atom stereocenters. The molecule has 2 N–H and O–H groups in total. The zero-order valence-corrected chi connectivity index (χ0v) is 15.2. The van der Waals surface area contributed by atoms with Gasteiger partial charge in [-0.2, -0.15) is 0 Å². The molecule has 0 saturated carbocycles. The zero-order valence-electron chi connectivity index (χ0n) is 15.2. The van der Waals surface area contributed by atoms with E-state index in [1.165, 1.54) is 0 Å². The van der Waals surface area contributed by atoms with Crippen LogP contribution in [-0.4, -0.2) is 71.0 Å². The van der Waals surface area contributed by atoms with Crippen molar-refractivity contribution in [2.75, 3.05) is 13.1 Å². The summed E-state index contributed by atoms with van der Waals surface area (Å²) in [4.78, 5) is 25.1. The number of carbonyl (C=O) groups excluding carboxylic acids is 1. The monoisotopic (exact) mass is 360 g/mol. The van der Waals surface area contributed by atoms with Crippen molar-refractivity contribution in [2.45, 2.75) is 31.9 Å². The zero-order chi connectivity index (χ0) is 18.7. The second kappa shape index (κ2) is 8.02. The van der Waals surface area contributed by atoms with Gasteiger partial charge in [0.25, 0.3) is 0 Å². The third kappa shape index (κ3) is 4.14. The Hall–Kier alpha value is -2.17. The number of amides is 1. The highest BCUT2D eigenvalue weighted by atomic mass is 16.4. The lowest BCUT2D eigenvalue weighted by atomic mass is 9.78. The number of nitrogens with zero attached hydrogens (tertiary/aromatic N) is 6. The van der Waals surface area contributed by atoms with E-state index < -0.39 is 13.1 Å². The molecule has 1 atom stereocenters. The van der Waals surface area contributed by atoms with E-state index in [1.807, 2.05) is 40.5 Å². The first-order chi connectivity index (χ1) is 12.5. The van der Waals surface area contributed by atoms with Crippen LogP contribution in [0.25, 0.3) is 0 Å². The van der Waals surface area contributed by atoms with Crippen LogP contribution in [0.1, 0.15) is 24.5 Å². The molecule has 2 aromatic heterocycles. The SMILES string of the molecule is Cn1ccnc1CN(CC(=O)N1CCCC1B(O)O)Cc1nccn1C. The van der Waals surface area contributed by atoms with Crippen molar-refractivity contribution in [1.29, 1.82) is 0 Å². The fourth-order valence-electron chi connectivity index (χ4n) is 3.36. The lowest BCUT2D eigenvalue weighted by Crippen LogP contribution is -2.49. The van der Waals surface area contributed by atoms with E-state index in [9.17, 15) is 14.8 Å². The fourth-order valence-corrected chi connectivity index (χ4v) is 3.36. The van der Waals surface area contributed by atoms with Gasteiger partial charge in [-0.1, -0.05) is 0 Å². The van der Waals surface area contributed by atoms with Crippen LogP contribution >= 0.6 is 0 Å². The average Bonchev–Trinajstić information content (AvgIpc) is 3.31. The summed E-state index contributed by atoms with van der Waals surface area (Å²) in [6.07, 6.45) is 8.60. The molecule has 2 aromatic rings. The topological polar surface area (TPSA) is 99.7 Å². The van der Waals surface area contributed by atoms with Crippen molar-refractivity contribution in [3.63, 3.8) is 0 Å². The van der Waals surface area contributed by atoms with Gasteiger partial charge in [0.2, 0.25) is 5.91 Å². The fraction of sp³-hybridized carbons (Fsp3) is 0.562. The summed E-state index contributed by atoms with van der Waals surface area (Å²) in [6, 6.07) is 0. The first-order valence-corrected chi connectivity index (χ1v) is 8.76. The van der Waals surface area contributed by atoms with Gasteiger partial charge in [0, 0.05) is 45.4 Å². The van der Waals surface area contributed by atoms with Gasteiger partial charge in [-0.3, -0.25) is 9.69 Å². The van der Waals surface area contributed by atoms with E-state index in [0.717, 1.165) is 18.1 Å². The molecule has 9 nitrogen and oxygen atoms in total. The Morgan fingerprint density at radius 1 is 1.19 bits per heavy atom. The van der Waals surface area contributed by atoms with E-state index in [0.29, 0.717) is 26.1 Å². The van der Waals surface area contributed by atoms with Crippen LogP contribution in [0.3, 0.4) is 0 Å².